The Kier molecular flexibility index (Phi) is 4.35. The minimum absolute atomic E-state index is 0.0554. The number of ketones is 1. The first-order valence-corrected chi connectivity index (χ1v) is 6.55. The topological polar surface area (TPSA) is 52.1 Å². The summed E-state index contributed by atoms with van der Waals surface area (Å²) >= 11 is 5.89. The van der Waals surface area contributed by atoms with Crippen molar-refractivity contribution in [2.24, 2.45) is 5.41 Å². The van der Waals surface area contributed by atoms with Crippen LogP contribution in [0.4, 0.5) is 0 Å². The highest BCUT2D eigenvalue weighted by Gasteiger charge is 2.30. The number of ether oxygens (including phenoxy) is 1. The normalized spacial score (nSPS) is 11.2. The second kappa shape index (κ2) is 6.01. The summed E-state index contributed by atoms with van der Waals surface area (Å²) < 4.78 is 5.65. The zero-order valence-electron chi connectivity index (χ0n) is 11.3. The Hall–Kier alpha value is -1.94. The van der Waals surface area contributed by atoms with E-state index in [0.29, 0.717) is 16.3 Å². The van der Waals surface area contributed by atoms with Gasteiger partial charge in [-0.15, -0.1) is 0 Å². The third kappa shape index (κ3) is 3.54. The summed E-state index contributed by atoms with van der Waals surface area (Å²) in [6.45, 7) is 3.90. The van der Waals surface area contributed by atoms with Gasteiger partial charge in [0.15, 0.2) is 5.78 Å². The van der Waals surface area contributed by atoms with Crippen molar-refractivity contribution in [2.45, 2.75) is 13.8 Å². The highest BCUT2D eigenvalue weighted by atomic mass is 35.5. The molecule has 0 atom stereocenters. The van der Waals surface area contributed by atoms with Crippen molar-refractivity contribution in [1.29, 1.82) is 0 Å². The Balaban J connectivity index is 2.06. The van der Waals surface area contributed by atoms with Crippen molar-refractivity contribution in [3.05, 3.63) is 53.6 Å². The standard InChI is InChI=1S/C15H15ClN2O2/c1-15(2,14(19)11-7-17-10-18-8-11)9-20-13-5-3-4-12(16)6-13/h3-8,10H,9H2,1-2H3. The summed E-state index contributed by atoms with van der Waals surface area (Å²) in [6, 6.07) is 7.09. The Labute approximate surface area is 122 Å². The molecule has 0 aliphatic heterocycles. The molecule has 1 aromatic heterocycles. The minimum atomic E-state index is -0.674. The van der Waals surface area contributed by atoms with Gasteiger partial charge in [0.05, 0.1) is 11.0 Å². The molecule has 1 heterocycles. The van der Waals surface area contributed by atoms with E-state index in [4.69, 9.17) is 16.3 Å². The Morgan fingerprint density at radius 2 is 2.00 bits per heavy atom. The number of hydrogen-bond donors (Lipinski definition) is 0. The average Bonchev–Trinajstić information content (AvgIpc) is 2.45. The molecule has 0 unspecified atom stereocenters. The summed E-state index contributed by atoms with van der Waals surface area (Å²) in [6.07, 6.45) is 4.42. The summed E-state index contributed by atoms with van der Waals surface area (Å²) in [5.74, 6) is 0.586. The first-order chi connectivity index (χ1) is 9.49. The van der Waals surface area contributed by atoms with E-state index in [2.05, 4.69) is 9.97 Å². The van der Waals surface area contributed by atoms with E-state index in [1.54, 1.807) is 24.3 Å². The number of benzene rings is 1. The van der Waals surface area contributed by atoms with Gasteiger partial charge in [0.1, 0.15) is 18.7 Å². The molecule has 20 heavy (non-hydrogen) atoms. The van der Waals surface area contributed by atoms with Gasteiger partial charge in [0.25, 0.3) is 0 Å². The lowest BCUT2D eigenvalue weighted by Gasteiger charge is -2.23. The molecule has 2 rings (SSSR count). The van der Waals surface area contributed by atoms with Gasteiger partial charge in [-0.1, -0.05) is 17.7 Å². The number of halogens is 1. The van der Waals surface area contributed by atoms with Crippen molar-refractivity contribution >= 4 is 17.4 Å². The lowest BCUT2D eigenvalue weighted by molar-refractivity contribution is 0.0750. The molecule has 0 aliphatic carbocycles. The van der Waals surface area contributed by atoms with Crippen LogP contribution in [0.25, 0.3) is 0 Å². The zero-order valence-corrected chi connectivity index (χ0v) is 12.1. The van der Waals surface area contributed by atoms with Crippen molar-refractivity contribution in [3.63, 3.8) is 0 Å². The van der Waals surface area contributed by atoms with Gasteiger partial charge < -0.3 is 4.74 Å². The van der Waals surface area contributed by atoms with Gasteiger partial charge >= 0.3 is 0 Å². The molecule has 0 aliphatic rings. The second-order valence-electron chi connectivity index (χ2n) is 5.09. The summed E-state index contributed by atoms with van der Waals surface area (Å²) in [5.41, 5.74) is -0.195. The van der Waals surface area contributed by atoms with Crippen LogP contribution in [0, 0.1) is 5.41 Å². The Morgan fingerprint density at radius 1 is 1.30 bits per heavy atom. The average molecular weight is 291 g/mol. The van der Waals surface area contributed by atoms with E-state index in [1.807, 2.05) is 13.8 Å². The van der Waals surface area contributed by atoms with E-state index in [-0.39, 0.29) is 12.4 Å². The van der Waals surface area contributed by atoms with Crippen LogP contribution in [0.5, 0.6) is 5.75 Å². The Bertz CT molecular complexity index is 600. The number of aromatic nitrogens is 2. The van der Waals surface area contributed by atoms with Crippen molar-refractivity contribution < 1.29 is 9.53 Å². The molecule has 2 aromatic rings. The maximum absolute atomic E-state index is 12.4. The first-order valence-electron chi connectivity index (χ1n) is 6.17. The van der Waals surface area contributed by atoms with E-state index in [1.165, 1.54) is 18.7 Å². The summed E-state index contributed by atoms with van der Waals surface area (Å²) in [5, 5.41) is 0.600. The van der Waals surface area contributed by atoms with E-state index >= 15 is 0 Å². The lowest BCUT2D eigenvalue weighted by atomic mass is 9.86. The van der Waals surface area contributed by atoms with E-state index < -0.39 is 5.41 Å². The van der Waals surface area contributed by atoms with Gasteiger partial charge in [-0.3, -0.25) is 4.79 Å². The molecule has 104 valence electrons. The molecule has 0 fully saturated rings. The monoisotopic (exact) mass is 290 g/mol. The number of hydrogen-bond acceptors (Lipinski definition) is 4. The number of carbonyl (C=O) groups is 1. The number of Topliss-reactive ketones (excluding diaryl/α,β-unsaturated/α-hetero) is 1. The van der Waals surface area contributed by atoms with Crippen LogP contribution in [0.1, 0.15) is 24.2 Å². The van der Waals surface area contributed by atoms with Crippen LogP contribution < -0.4 is 4.74 Å². The molecule has 5 heteroatoms. The number of nitrogens with zero attached hydrogens (tertiary/aromatic N) is 2. The van der Waals surface area contributed by atoms with Crippen LogP contribution in [-0.2, 0) is 0 Å². The third-order valence-electron chi connectivity index (χ3n) is 2.83. The van der Waals surface area contributed by atoms with Crippen molar-refractivity contribution in [2.75, 3.05) is 6.61 Å². The molecular weight excluding hydrogens is 276 g/mol. The van der Waals surface area contributed by atoms with Gasteiger partial charge in [0.2, 0.25) is 0 Å². The van der Waals surface area contributed by atoms with Crippen LogP contribution >= 0.6 is 11.6 Å². The molecule has 4 nitrogen and oxygen atoms in total. The quantitative estimate of drug-likeness (QED) is 0.792. The van der Waals surface area contributed by atoms with Crippen LogP contribution in [-0.4, -0.2) is 22.4 Å². The van der Waals surface area contributed by atoms with Crippen molar-refractivity contribution in [3.8, 4) is 5.75 Å². The predicted octanol–water partition coefficient (Wildman–Crippen LogP) is 3.42. The molecule has 0 saturated heterocycles. The maximum atomic E-state index is 12.4. The molecule has 0 saturated carbocycles. The fourth-order valence-corrected chi connectivity index (χ4v) is 1.87. The predicted molar refractivity (Wildman–Crippen MR) is 77.1 cm³/mol. The fourth-order valence-electron chi connectivity index (χ4n) is 1.69. The molecule has 0 radical (unpaired) electrons. The smallest absolute Gasteiger partial charge is 0.174 e. The summed E-state index contributed by atoms with van der Waals surface area (Å²) in [7, 11) is 0. The van der Waals surface area contributed by atoms with Crippen LogP contribution in [0.2, 0.25) is 5.02 Å². The maximum Gasteiger partial charge on any atom is 0.174 e. The molecule has 0 bridgehead atoms. The molecule has 1 aromatic carbocycles. The molecular formula is C15H15ClN2O2. The van der Waals surface area contributed by atoms with Gasteiger partial charge in [-0.25, -0.2) is 9.97 Å². The van der Waals surface area contributed by atoms with Gasteiger partial charge in [-0.05, 0) is 32.0 Å². The second-order valence-corrected chi connectivity index (χ2v) is 5.52. The van der Waals surface area contributed by atoms with Crippen molar-refractivity contribution in [1.82, 2.24) is 9.97 Å². The van der Waals surface area contributed by atoms with E-state index in [9.17, 15) is 4.79 Å². The van der Waals surface area contributed by atoms with Gasteiger partial charge in [0, 0.05) is 17.4 Å². The molecule has 0 spiro atoms. The van der Waals surface area contributed by atoms with Crippen LogP contribution in [0.15, 0.2) is 43.0 Å². The minimum Gasteiger partial charge on any atom is -0.493 e. The Morgan fingerprint density at radius 3 is 2.65 bits per heavy atom. The zero-order chi connectivity index (χ0) is 14.6. The largest absolute Gasteiger partial charge is 0.493 e. The highest BCUT2D eigenvalue weighted by Crippen LogP contribution is 2.24. The molecule has 0 N–H and O–H groups in total. The first kappa shape index (κ1) is 14.5. The summed E-state index contributed by atoms with van der Waals surface area (Å²) in [4.78, 5) is 20.1. The third-order valence-corrected chi connectivity index (χ3v) is 3.07. The lowest BCUT2D eigenvalue weighted by Crippen LogP contribution is -2.31. The van der Waals surface area contributed by atoms with Crippen LogP contribution in [0.3, 0.4) is 0 Å². The highest BCUT2D eigenvalue weighted by molar-refractivity contribution is 6.30. The SMILES string of the molecule is CC(C)(COc1cccc(Cl)c1)C(=O)c1cncnc1. The fraction of sp³-hybridized carbons (Fsp3) is 0.267. The van der Waals surface area contributed by atoms with E-state index in [0.717, 1.165) is 0 Å². The molecule has 0 amide bonds. The number of carbonyl (C=O) groups excluding carboxylic acids is 1. The van der Waals surface area contributed by atoms with Gasteiger partial charge in [-0.2, -0.15) is 0 Å². The number of rotatable bonds is 5.